The number of likely N-dealkylation sites (tertiary alicyclic amines) is 1. The van der Waals surface area contributed by atoms with Crippen molar-refractivity contribution in [3.63, 3.8) is 0 Å². The van der Waals surface area contributed by atoms with E-state index in [-0.39, 0.29) is 17.0 Å². The SMILES string of the molecule is COc1ccccc1C1=C(N2CCCC(C)C2)C(=O)N(c2ccc(C(F)(F)F)cc2)C1=O. The van der Waals surface area contributed by atoms with E-state index >= 15 is 0 Å². The average Bonchev–Trinajstić information content (AvgIpc) is 3.03. The summed E-state index contributed by atoms with van der Waals surface area (Å²) < 4.78 is 44.4. The summed E-state index contributed by atoms with van der Waals surface area (Å²) in [6.07, 6.45) is -2.60. The van der Waals surface area contributed by atoms with Crippen LogP contribution in [0.2, 0.25) is 0 Å². The molecule has 0 bridgehead atoms. The molecule has 5 nitrogen and oxygen atoms in total. The number of benzene rings is 2. The van der Waals surface area contributed by atoms with Crippen molar-refractivity contribution in [1.29, 1.82) is 0 Å². The molecule has 2 aliphatic rings. The van der Waals surface area contributed by atoms with Gasteiger partial charge in [-0.25, -0.2) is 4.90 Å². The molecule has 1 atom stereocenters. The number of halogens is 3. The fourth-order valence-corrected chi connectivity index (χ4v) is 4.33. The molecule has 2 aromatic carbocycles. The van der Waals surface area contributed by atoms with E-state index in [2.05, 4.69) is 6.92 Å². The Morgan fingerprint density at radius 1 is 1.00 bits per heavy atom. The Hall–Kier alpha value is -3.29. The summed E-state index contributed by atoms with van der Waals surface area (Å²) in [5, 5.41) is 0. The zero-order valence-corrected chi connectivity index (χ0v) is 17.8. The maximum absolute atomic E-state index is 13.5. The fourth-order valence-electron chi connectivity index (χ4n) is 4.33. The van der Waals surface area contributed by atoms with Crippen LogP contribution in [0.25, 0.3) is 5.57 Å². The van der Waals surface area contributed by atoms with Crippen molar-refractivity contribution in [3.05, 3.63) is 65.4 Å². The first kappa shape index (κ1) is 21.9. The van der Waals surface area contributed by atoms with Crippen molar-refractivity contribution in [2.75, 3.05) is 25.1 Å². The van der Waals surface area contributed by atoms with Gasteiger partial charge in [-0.3, -0.25) is 9.59 Å². The zero-order valence-electron chi connectivity index (χ0n) is 17.8. The van der Waals surface area contributed by atoms with Crippen LogP contribution in [0.5, 0.6) is 5.75 Å². The third-order valence-electron chi connectivity index (χ3n) is 5.86. The number of piperidine rings is 1. The van der Waals surface area contributed by atoms with Gasteiger partial charge in [0.15, 0.2) is 0 Å². The maximum atomic E-state index is 13.5. The lowest BCUT2D eigenvalue weighted by Crippen LogP contribution is -2.39. The molecule has 2 heterocycles. The van der Waals surface area contributed by atoms with Crippen molar-refractivity contribution < 1.29 is 27.5 Å². The largest absolute Gasteiger partial charge is 0.496 e. The number of carbonyl (C=O) groups is 2. The predicted molar refractivity (Wildman–Crippen MR) is 114 cm³/mol. The highest BCUT2D eigenvalue weighted by atomic mass is 19.4. The van der Waals surface area contributed by atoms with Crippen LogP contribution in [0.4, 0.5) is 18.9 Å². The summed E-state index contributed by atoms with van der Waals surface area (Å²) in [5.41, 5.74) is 0.215. The van der Waals surface area contributed by atoms with Gasteiger partial charge < -0.3 is 9.64 Å². The standard InChI is InChI=1S/C24H23F3N2O3/c1-15-6-5-13-28(14-15)21-20(18-7-3-4-8-19(18)32-2)22(30)29(23(21)31)17-11-9-16(10-12-17)24(25,26)27/h3-4,7-12,15H,5-6,13-14H2,1-2H3. The monoisotopic (exact) mass is 444 g/mol. The number of methoxy groups -OCH3 is 1. The molecule has 0 aliphatic carbocycles. The maximum Gasteiger partial charge on any atom is 0.416 e. The summed E-state index contributed by atoms with van der Waals surface area (Å²) in [5.74, 6) is -0.323. The van der Waals surface area contributed by atoms with Gasteiger partial charge in [-0.1, -0.05) is 25.1 Å². The molecular weight excluding hydrogens is 421 g/mol. The molecule has 1 saturated heterocycles. The minimum Gasteiger partial charge on any atom is -0.496 e. The molecule has 0 aromatic heterocycles. The van der Waals surface area contributed by atoms with Gasteiger partial charge in [-0.2, -0.15) is 13.2 Å². The summed E-state index contributed by atoms with van der Waals surface area (Å²) >= 11 is 0. The Morgan fingerprint density at radius 3 is 2.31 bits per heavy atom. The lowest BCUT2D eigenvalue weighted by atomic mass is 9.97. The van der Waals surface area contributed by atoms with Crippen LogP contribution in [0, 0.1) is 5.92 Å². The van der Waals surface area contributed by atoms with Crippen LogP contribution in [0.3, 0.4) is 0 Å². The van der Waals surface area contributed by atoms with E-state index < -0.39 is 23.6 Å². The van der Waals surface area contributed by atoms with Crippen LogP contribution >= 0.6 is 0 Å². The number of nitrogens with zero attached hydrogens (tertiary/aromatic N) is 2. The Labute approximate surface area is 184 Å². The molecular formula is C24H23F3N2O3. The molecule has 0 saturated carbocycles. The quantitative estimate of drug-likeness (QED) is 0.640. The molecule has 32 heavy (non-hydrogen) atoms. The Kier molecular flexibility index (Phi) is 5.71. The van der Waals surface area contributed by atoms with E-state index in [1.807, 2.05) is 4.90 Å². The van der Waals surface area contributed by atoms with E-state index in [1.165, 1.54) is 7.11 Å². The van der Waals surface area contributed by atoms with Gasteiger partial charge >= 0.3 is 6.18 Å². The predicted octanol–water partition coefficient (Wildman–Crippen LogP) is 4.73. The first-order valence-corrected chi connectivity index (χ1v) is 10.4. The van der Waals surface area contributed by atoms with E-state index in [0.29, 0.717) is 30.3 Å². The van der Waals surface area contributed by atoms with Crippen LogP contribution in [-0.4, -0.2) is 36.9 Å². The molecule has 1 unspecified atom stereocenters. The third-order valence-corrected chi connectivity index (χ3v) is 5.86. The highest BCUT2D eigenvalue weighted by Crippen LogP contribution is 2.40. The molecule has 1 fully saturated rings. The second-order valence-electron chi connectivity index (χ2n) is 8.11. The van der Waals surface area contributed by atoms with Crippen molar-refractivity contribution in [3.8, 4) is 5.75 Å². The van der Waals surface area contributed by atoms with E-state index in [0.717, 1.165) is 42.0 Å². The average molecular weight is 444 g/mol. The van der Waals surface area contributed by atoms with Crippen LogP contribution in [0.15, 0.2) is 54.2 Å². The summed E-state index contributed by atoms with van der Waals surface area (Å²) in [6, 6.07) is 11.0. The van der Waals surface area contributed by atoms with E-state index in [1.54, 1.807) is 24.3 Å². The summed E-state index contributed by atoms with van der Waals surface area (Å²) in [4.78, 5) is 29.9. The number of hydrogen-bond donors (Lipinski definition) is 0. The Morgan fingerprint density at radius 2 is 1.69 bits per heavy atom. The number of rotatable bonds is 4. The molecule has 2 aliphatic heterocycles. The molecule has 2 amide bonds. The van der Waals surface area contributed by atoms with Gasteiger partial charge in [0, 0.05) is 18.7 Å². The third kappa shape index (κ3) is 3.85. The van der Waals surface area contributed by atoms with Gasteiger partial charge in [0.25, 0.3) is 11.8 Å². The molecule has 8 heteroatoms. The number of anilines is 1. The van der Waals surface area contributed by atoms with Gasteiger partial charge in [0.05, 0.1) is 23.9 Å². The minimum atomic E-state index is -4.51. The second kappa shape index (κ2) is 8.33. The first-order valence-electron chi connectivity index (χ1n) is 10.4. The molecule has 2 aromatic rings. The normalized spacial score (nSPS) is 19.7. The van der Waals surface area contributed by atoms with Crippen molar-refractivity contribution in [1.82, 2.24) is 4.90 Å². The van der Waals surface area contributed by atoms with Crippen molar-refractivity contribution in [2.45, 2.75) is 25.9 Å². The number of imide groups is 1. The minimum absolute atomic E-state index is 0.0976. The van der Waals surface area contributed by atoms with Crippen LogP contribution < -0.4 is 9.64 Å². The molecule has 0 N–H and O–H groups in total. The molecule has 0 radical (unpaired) electrons. The zero-order chi connectivity index (χ0) is 23.0. The number of carbonyl (C=O) groups excluding carboxylic acids is 2. The number of para-hydroxylation sites is 1. The fraction of sp³-hybridized carbons (Fsp3) is 0.333. The lowest BCUT2D eigenvalue weighted by molar-refractivity contribution is -0.137. The van der Waals surface area contributed by atoms with Gasteiger partial charge in [0.2, 0.25) is 0 Å². The van der Waals surface area contributed by atoms with Crippen molar-refractivity contribution in [2.24, 2.45) is 5.92 Å². The van der Waals surface area contributed by atoms with Gasteiger partial charge in [-0.05, 0) is 49.1 Å². The van der Waals surface area contributed by atoms with E-state index in [4.69, 9.17) is 4.74 Å². The first-order chi connectivity index (χ1) is 15.2. The molecule has 4 rings (SSSR count). The van der Waals surface area contributed by atoms with Crippen LogP contribution in [-0.2, 0) is 15.8 Å². The lowest BCUT2D eigenvalue weighted by Gasteiger charge is -2.33. The topological polar surface area (TPSA) is 49.9 Å². The number of amides is 2. The second-order valence-corrected chi connectivity index (χ2v) is 8.11. The summed E-state index contributed by atoms with van der Waals surface area (Å²) in [7, 11) is 1.48. The molecule has 168 valence electrons. The highest BCUT2D eigenvalue weighted by molar-refractivity contribution is 6.45. The van der Waals surface area contributed by atoms with Gasteiger partial charge in [-0.15, -0.1) is 0 Å². The van der Waals surface area contributed by atoms with E-state index in [9.17, 15) is 22.8 Å². The van der Waals surface area contributed by atoms with Crippen LogP contribution in [0.1, 0.15) is 30.9 Å². The number of alkyl halides is 3. The smallest absolute Gasteiger partial charge is 0.416 e. The number of ether oxygens (including phenoxy) is 1. The van der Waals surface area contributed by atoms with Gasteiger partial charge in [0.1, 0.15) is 11.4 Å². The summed E-state index contributed by atoms with van der Waals surface area (Å²) in [6.45, 7) is 3.33. The van der Waals surface area contributed by atoms with Crippen molar-refractivity contribution >= 4 is 23.1 Å². The number of hydrogen-bond acceptors (Lipinski definition) is 4. The highest BCUT2D eigenvalue weighted by Gasteiger charge is 2.44. The Bertz CT molecular complexity index is 1080. The Balaban J connectivity index is 1.81. The molecule has 0 spiro atoms.